The van der Waals surface area contributed by atoms with Gasteiger partial charge in [0, 0.05) is 17.8 Å². The molecule has 0 aliphatic heterocycles. The van der Waals surface area contributed by atoms with Crippen LogP contribution in [0.25, 0.3) is 0 Å². The summed E-state index contributed by atoms with van der Waals surface area (Å²) in [4.78, 5) is 32.6. The fourth-order valence-corrected chi connectivity index (χ4v) is 1.14. The van der Waals surface area contributed by atoms with Gasteiger partial charge in [-0.25, -0.2) is 9.59 Å². The zero-order valence-corrected chi connectivity index (χ0v) is 9.54. The second-order valence-corrected chi connectivity index (χ2v) is 3.23. The molecule has 0 saturated carbocycles. The second kappa shape index (κ2) is 6.19. The van der Waals surface area contributed by atoms with Gasteiger partial charge in [-0.05, 0) is 24.3 Å². The third kappa shape index (κ3) is 4.09. The highest BCUT2D eigenvalue weighted by atomic mass is 16.5. The van der Waals surface area contributed by atoms with Crippen LogP contribution in [0.2, 0.25) is 0 Å². The van der Waals surface area contributed by atoms with Crippen molar-refractivity contribution in [1.29, 1.82) is 0 Å². The maximum absolute atomic E-state index is 11.2. The number of methoxy groups -OCH3 is 1. The first-order valence-electron chi connectivity index (χ1n) is 4.93. The Hall–Kier alpha value is -2.63. The third-order valence-corrected chi connectivity index (χ3v) is 1.95. The van der Waals surface area contributed by atoms with Crippen LogP contribution < -0.4 is 5.32 Å². The van der Waals surface area contributed by atoms with Crippen molar-refractivity contribution in [2.45, 2.75) is 0 Å². The Morgan fingerprint density at radius 1 is 1.17 bits per heavy atom. The van der Waals surface area contributed by atoms with E-state index in [1.54, 1.807) is 0 Å². The lowest BCUT2D eigenvalue weighted by molar-refractivity contribution is -0.131. The minimum Gasteiger partial charge on any atom is -0.478 e. The fraction of sp³-hybridized carbons (Fsp3) is 0.0833. The maximum Gasteiger partial charge on any atom is 0.337 e. The maximum atomic E-state index is 11.2. The number of esters is 1. The molecule has 0 spiro atoms. The normalized spacial score (nSPS) is 10.1. The minimum absolute atomic E-state index is 0.358. The zero-order chi connectivity index (χ0) is 13.5. The van der Waals surface area contributed by atoms with Gasteiger partial charge in [-0.3, -0.25) is 4.79 Å². The van der Waals surface area contributed by atoms with Crippen molar-refractivity contribution in [3.63, 3.8) is 0 Å². The SMILES string of the molecule is COC(=O)c1ccc(NC(=O)/C=C\C(=O)O)cc1. The van der Waals surface area contributed by atoms with Crippen LogP contribution in [0.5, 0.6) is 0 Å². The fourth-order valence-electron chi connectivity index (χ4n) is 1.14. The molecule has 2 N–H and O–H groups in total. The van der Waals surface area contributed by atoms with Gasteiger partial charge in [-0.2, -0.15) is 0 Å². The van der Waals surface area contributed by atoms with Crippen LogP contribution in [0, 0.1) is 0 Å². The first-order chi connectivity index (χ1) is 8.52. The lowest BCUT2D eigenvalue weighted by Gasteiger charge is -2.03. The summed E-state index contributed by atoms with van der Waals surface area (Å²) in [6.07, 6.45) is 1.63. The number of ether oxygens (including phenoxy) is 1. The van der Waals surface area contributed by atoms with Crippen molar-refractivity contribution >= 4 is 23.5 Å². The Morgan fingerprint density at radius 3 is 2.28 bits per heavy atom. The summed E-state index contributed by atoms with van der Waals surface area (Å²) in [7, 11) is 1.27. The van der Waals surface area contributed by atoms with Crippen molar-refractivity contribution in [1.82, 2.24) is 0 Å². The summed E-state index contributed by atoms with van der Waals surface area (Å²) in [6, 6.07) is 6.00. The zero-order valence-electron chi connectivity index (χ0n) is 9.54. The third-order valence-electron chi connectivity index (χ3n) is 1.95. The highest BCUT2D eigenvalue weighted by Gasteiger charge is 2.05. The highest BCUT2D eigenvalue weighted by molar-refractivity contribution is 6.02. The number of nitrogens with one attached hydrogen (secondary N) is 1. The van der Waals surface area contributed by atoms with Crippen LogP contribution in [0.3, 0.4) is 0 Å². The van der Waals surface area contributed by atoms with Crippen LogP contribution >= 0.6 is 0 Å². The van der Waals surface area contributed by atoms with Gasteiger partial charge in [-0.1, -0.05) is 0 Å². The van der Waals surface area contributed by atoms with E-state index >= 15 is 0 Å². The molecule has 6 heteroatoms. The van der Waals surface area contributed by atoms with Crippen LogP contribution in [0.1, 0.15) is 10.4 Å². The number of carboxylic acid groups (broad SMARTS) is 1. The first kappa shape index (κ1) is 13.4. The summed E-state index contributed by atoms with van der Waals surface area (Å²) in [5.74, 6) is -2.24. The van der Waals surface area contributed by atoms with Gasteiger partial charge in [-0.15, -0.1) is 0 Å². The Labute approximate surface area is 103 Å². The van der Waals surface area contributed by atoms with Crippen molar-refractivity contribution in [2.24, 2.45) is 0 Å². The molecule has 0 aromatic heterocycles. The molecule has 0 heterocycles. The molecule has 1 aromatic rings. The number of carbonyl (C=O) groups excluding carboxylic acids is 2. The monoisotopic (exact) mass is 249 g/mol. The number of hydrogen-bond donors (Lipinski definition) is 2. The molecule has 18 heavy (non-hydrogen) atoms. The average molecular weight is 249 g/mol. The van der Waals surface area contributed by atoms with E-state index in [0.717, 1.165) is 12.2 Å². The summed E-state index contributed by atoms with van der Waals surface area (Å²) in [5, 5.41) is 10.8. The summed E-state index contributed by atoms with van der Waals surface area (Å²) in [6.45, 7) is 0. The highest BCUT2D eigenvalue weighted by Crippen LogP contribution is 2.10. The Bertz CT molecular complexity index is 490. The van der Waals surface area contributed by atoms with Gasteiger partial charge in [0.1, 0.15) is 0 Å². The van der Waals surface area contributed by atoms with E-state index in [-0.39, 0.29) is 0 Å². The second-order valence-electron chi connectivity index (χ2n) is 3.23. The van der Waals surface area contributed by atoms with Crippen molar-refractivity contribution in [2.75, 3.05) is 12.4 Å². The van der Waals surface area contributed by atoms with E-state index in [2.05, 4.69) is 10.1 Å². The van der Waals surface area contributed by atoms with E-state index in [1.807, 2.05) is 0 Å². The molecule has 0 atom stereocenters. The van der Waals surface area contributed by atoms with Gasteiger partial charge < -0.3 is 15.2 Å². The number of anilines is 1. The summed E-state index contributed by atoms with van der Waals surface area (Å²) in [5.41, 5.74) is 0.805. The van der Waals surface area contributed by atoms with Crippen molar-refractivity contribution < 1.29 is 24.2 Å². The standard InChI is InChI=1S/C12H11NO5/c1-18-12(17)8-2-4-9(5-3-8)13-10(14)6-7-11(15)16/h2-7H,1H3,(H,13,14)(H,15,16)/b7-6-. The largest absolute Gasteiger partial charge is 0.478 e. The van der Waals surface area contributed by atoms with E-state index in [9.17, 15) is 14.4 Å². The number of rotatable bonds is 4. The Kier molecular flexibility index (Phi) is 4.62. The molecule has 0 aliphatic rings. The van der Waals surface area contributed by atoms with E-state index in [1.165, 1.54) is 31.4 Å². The molecule has 0 fully saturated rings. The number of carboxylic acids is 1. The lowest BCUT2D eigenvalue weighted by Crippen LogP contribution is -2.09. The van der Waals surface area contributed by atoms with E-state index in [0.29, 0.717) is 11.3 Å². The Balaban J connectivity index is 2.66. The summed E-state index contributed by atoms with van der Waals surface area (Å²) >= 11 is 0. The van der Waals surface area contributed by atoms with Gasteiger partial charge in [0.25, 0.3) is 0 Å². The van der Waals surface area contributed by atoms with Crippen LogP contribution in [-0.4, -0.2) is 30.1 Å². The molecule has 0 unspecified atom stereocenters. The number of aliphatic carboxylic acids is 1. The van der Waals surface area contributed by atoms with Crippen LogP contribution in [0.15, 0.2) is 36.4 Å². The quantitative estimate of drug-likeness (QED) is 0.614. The average Bonchev–Trinajstić information content (AvgIpc) is 2.36. The van der Waals surface area contributed by atoms with E-state index in [4.69, 9.17) is 5.11 Å². The predicted octanol–water partition coefficient (Wildman–Crippen LogP) is 1.05. The van der Waals surface area contributed by atoms with Gasteiger partial charge >= 0.3 is 11.9 Å². The number of amides is 1. The molecule has 0 radical (unpaired) electrons. The summed E-state index contributed by atoms with van der Waals surface area (Å²) < 4.78 is 4.52. The number of carbonyl (C=O) groups is 3. The van der Waals surface area contributed by atoms with E-state index < -0.39 is 17.8 Å². The van der Waals surface area contributed by atoms with Crippen molar-refractivity contribution in [3.8, 4) is 0 Å². The molecular formula is C12H11NO5. The van der Waals surface area contributed by atoms with Crippen molar-refractivity contribution in [3.05, 3.63) is 42.0 Å². The molecule has 0 bridgehead atoms. The van der Waals surface area contributed by atoms with Gasteiger partial charge in [0.05, 0.1) is 12.7 Å². The van der Waals surface area contributed by atoms with Gasteiger partial charge in [0.2, 0.25) is 5.91 Å². The lowest BCUT2D eigenvalue weighted by atomic mass is 10.2. The molecular weight excluding hydrogens is 238 g/mol. The Morgan fingerprint density at radius 2 is 1.78 bits per heavy atom. The first-order valence-corrected chi connectivity index (χ1v) is 4.93. The topological polar surface area (TPSA) is 92.7 Å². The molecule has 1 amide bonds. The smallest absolute Gasteiger partial charge is 0.337 e. The molecule has 1 rings (SSSR count). The van der Waals surface area contributed by atoms with Crippen LogP contribution in [0.4, 0.5) is 5.69 Å². The molecule has 0 aliphatic carbocycles. The molecule has 94 valence electrons. The number of hydrogen-bond acceptors (Lipinski definition) is 4. The predicted molar refractivity (Wildman–Crippen MR) is 63.2 cm³/mol. The molecule has 1 aromatic carbocycles. The molecule has 6 nitrogen and oxygen atoms in total. The van der Waals surface area contributed by atoms with Gasteiger partial charge in [0.15, 0.2) is 0 Å². The van der Waals surface area contributed by atoms with Crippen LogP contribution in [-0.2, 0) is 14.3 Å². The molecule has 0 saturated heterocycles. The number of benzene rings is 1. The minimum atomic E-state index is -1.20.